The second kappa shape index (κ2) is 7.22. The van der Waals surface area contributed by atoms with Crippen LogP contribution in [0, 0.1) is 5.92 Å². The molecule has 0 aliphatic carbocycles. The maximum Gasteiger partial charge on any atom is 0.0868 e. The first-order chi connectivity index (χ1) is 7.71. The van der Waals surface area contributed by atoms with Crippen molar-refractivity contribution in [1.82, 2.24) is 10.3 Å². The smallest absolute Gasteiger partial charge is 0.0868 e. The minimum absolute atomic E-state index is 0.243. The Balaban J connectivity index is 2.44. The van der Waals surface area contributed by atoms with Crippen LogP contribution in [0.5, 0.6) is 0 Å². The number of nitrogens with two attached hydrogens (primary N) is 1. The molecule has 3 atom stereocenters. The molecule has 0 bridgehead atoms. The third-order valence-corrected chi connectivity index (χ3v) is 3.64. The molecule has 1 aliphatic rings. The van der Waals surface area contributed by atoms with Gasteiger partial charge in [-0.3, -0.25) is 16.2 Å². The fourth-order valence-electron chi connectivity index (χ4n) is 2.19. The fraction of sp³-hybridized carbons (Fsp3) is 1.00. The van der Waals surface area contributed by atoms with Gasteiger partial charge in [0.25, 0.3) is 0 Å². The van der Waals surface area contributed by atoms with Gasteiger partial charge in [0.1, 0.15) is 0 Å². The van der Waals surface area contributed by atoms with Gasteiger partial charge in [-0.25, -0.2) is 0 Å². The minimum Gasteiger partial charge on any atom is -0.374 e. The second-order valence-corrected chi connectivity index (χ2v) is 4.82. The van der Waals surface area contributed by atoms with Crippen molar-refractivity contribution >= 4 is 0 Å². The quantitative estimate of drug-likeness (QED) is 0.526. The molecular formula is C12H27N3O. The first-order valence-corrected chi connectivity index (χ1v) is 6.51. The summed E-state index contributed by atoms with van der Waals surface area (Å²) in [4.78, 5) is 2.43. The lowest BCUT2D eigenvalue weighted by molar-refractivity contribution is -0.0483. The van der Waals surface area contributed by atoms with Gasteiger partial charge in [0.2, 0.25) is 0 Å². The molecule has 0 saturated carbocycles. The van der Waals surface area contributed by atoms with Crippen LogP contribution >= 0.6 is 0 Å². The van der Waals surface area contributed by atoms with Crippen molar-refractivity contribution in [3.63, 3.8) is 0 Å². The topological polar surface area (TPSA) is 50.5 Å². The van der Waals surface area contributed by atoms with E-state index in [2.05, 4.69) is 31.1 Å². The normalized spacial score (nSPS) is 26.6. The van der Waals surface area contributed by atoms with Crippen molar-refractivity contribution in [3.05, 3.63) is 0 Å². The van der Waals surface area contributed by atoms with Crippen LogP contribution in [-0.4, -0.2) is 43.3 Å². The molecule has 4 nitrogen and oxygen atoms in total. The third kappa shape index (κ3) is 4.01. The third-order valence-electron chi connectivity index (χ3n) is 3.64. The minimum atomic E-state index is 0.243. The highest BCUT2D eigenvalue weighted by Gasteiger charge is 2.27. The number of rotatable bonds is 6. The number of ether oxygens (including phenoxy) is 1. The zero-order chi connectivity index (χ0) is 12.0. The Morgan fingerprint density at radius 2 is 2.25 bits per heavy atom. The van der Waals surface area contributed by atoms with Gasteiger partial charge in [0.05, 0.1) is 12.7 Å². The molecule has 4 heteroatoms. The van der Waals surface area contributed by atoms with E-state index in [1.54, 1.807) is 0 Å². The molecule has 1 heterocycles. The molecule has 0 aromatic heterocycles. The van der Waals surface area contributed by atoms with Crippen LogP contribution in [-0.2, 0) is 4.74 Å². The van der Waals surface area contributed by atoms with Gasteiger partial charge in [0, 0.05) is 19.1 Å². The summed E-state index contributed by atoms with van der Waals surface area (Å²) in [5, 5.41) is 0. The monoisotopic (exact) mass is 229 g/mol. The molecule has 1 aliphatic heterocycles. The van der Waals surface area contributed by atoms with Gasteiger partial charge in [0.15, 0.2) is 0 Å². The SMILES string of the molecule is CCC(C)CC(NN)C1CN(CC)CCO1. The maximum atomic E-state index is 5.82. The first-order valence-electron chi connectivity index (χ1n) is 6.51. The van der Waals surface area contributed by atoms with Crippen LogP contribution in [0.2, 0.25) is 0 Å². The molecule has 96 valence electrons. The lowest BCUT2D eigenvalue weighted by Gasteiger charge is -2.37. The summed E-state index contributed by atoms with van der Waals surface area (Å²) < 4.78 is 5.82. The van der Waals surface area contributed by atoms with Crippen molar-refractivity contribution in [2.45, 2.75) is 45.8 Å². The molecule has 0 aromatic carbocycles. The Kier molecular flexibility index (Phi) is 6.28. The van der Waals surface area contributed by atoms with E-state index in [-0.39, 0.29) is 12.1 Å². The number of likely N-dealkylation sites (N-methyl/N-ethyl adjacent to an activating group) is 1. The molecule has 3 unspecified atom stereocenters. The lowest BCUT2D eigenvalue weighted by Crippen LogP contribution is -2.54. The fourth-order valence-corrected chi connectivity index (χ4v) is 2.19. The standard InChI is InChI=1S/C12H27N3O/c1-4-10(3)8-11(14-13)12-9-15(5-2)6-7-16-12/h10-12,14H,4-9,13H2,1-3H3. The molecule has 0 spiro atoms. The average Bonchev–Trinajstić information content (AvgIpc) is 2.35. The van der Waals surface area contributed by atoms with E-state index in [1.807, 2.05) is 0 Å². The van der Waals surface area contributed by atoms with E-state index in [4.69, 9.17) is 10.6 Å². The number of nitrogens with one attached hydrogen (secondary N) is 1. The molecule has 1 fully saturated rings. The predicted octanol–water partition coefficient (Wildman–Crippen LogP) is 0.975. The van der Waals surface area contributed by atoms with Crippen molar-refractivity contribution in [3.8, 4) is 0 Å². The Hall–Kier alpha value is -0.160. The van der Waals surface area contributed by atoms with Crippen molar-refractivity contribution < 1.29 is 4.74 Å². The number of hydrogen-bond donors (Lipinski definition) is 2. The van der Waals surface area contributed by atoms with Crippen molar-refractivity contribution in [1.29, 1.82) is 0 Å². The molecule has 0 radical (unpaired) electrons. The number of morpholine rings is 1. The largest absolute Gasteiger partial charge is 0.374 e. The molecule has 16 heavy (non-hydrogen) atoms. The Labute approximate surface area is 99.5 Å². The Bertz CT molecular complexity index is 187. The van der Waals surface area contributed by atoms with Crippen molar-refractivity contribution in [2.24, 2.45) is 11.8 Å². The lowest BCUT2D eigenvalue weighted by atomic mass is 9.95. The van der Waals surface area contributed by atoms with Gasteiger partial charge < -0.3 is 4.74 Å². The summed E-state index contributed by atoms with van der Waals surface area (Å²) in [5.41, 5.74) is 2.93. The molecule has 3 N–H and O–H groups in total. The second-order valence-electron chi connectivity index (χ2n) is 4.82. The van der Waals surface area contributed by atoms with Gasteiger partial charge in [-0.15, -0.1) is 0 Å². The molecule has 0 aromatic rings. The molecule has 1 saturated heterocycles. The van der Waals surface area contributed by atoms with E-state index in [1.165, 1.54) is 6.42 Å². The van der Waals surface area contributed by atoms with Gasteiger partial charge in [-0.05, 0) is 18.9 Å². The average molecular weight is 229 g/mol. The highest BCUT2D eigenvalue weighted by Crippen LogP contribution is 2.16. The van der Waals surface area contributed by atoms with Crippen LogP contribution in [0.3, 0.4) is 0 Å². The van der Waals surface area contributed by atoms with Gasteiger partial charge in [-0.1, -0.05) is 27.2 Å². The Morgan fingerprint density at radius 3 is 2.81 bits per heavy atom. The summed E-state index contributed by atoms with van der Waals surface area (Å²) in [7, 11) is 0. The van der Waals surface area contributed by atoms with Crippen LogP contribution in [0.25, 0.3) is 0 Å². The predicted molar refractivity (Wildman–Crippen MR) is 67.0 cm³/mol. The van der Waals surface area contributed by atoms with Crippen molar-refractivity contribution in [2.75, 3.05) is 26.2 Å². The zero-order valence-corrected chi connectivity index (χ0v) is 10.9. The van der Waals surface area contributed by atoms with Crippen LogP contribution < -0.4 is 11.3 Å². The van der Waals surface area contributed by atoms with E-state index in [0.717, 1.165) is 32.7 Å². The maximum absolute atomic E-state index is 5.82. The van der Waals surface area contributed by atoms with E-state index >= 15 is 0 Å². The zero-order valence-electron chi connectivity index (χ0n) is 10.9. The van der Waals surface area contributed by atoms with Gasteiger partial charge >= 0.3 is 0 Å². The summed E-state index contributed by atoms with van der Waals surface area (Å²) in [5.74, 6) is 6.34. The summed E-state index contributed by atoms with van der Waals surface area (Å²) >= 11 is 0. The van der Waals surface area contributed by atoms with Crippen LogP contribution in [0.4, 0.5) is 0 Å². The summed E-state index contributed by atoms with van der Waals surface area (Å²) in [6, 6.07) is 0.282. The molecule has 0 amide bonds. The Morgan fingerprint density at radius 1 is 1.50 bits per heavy atom. The van der Waals surface area contributed by atoms with Crippen LogP contribution in [0.15, 0.2) is 0 Å². The van der Waals surface area contributed by atoms with Crippen LogP contribution in [0.1, 0.15) is 33.6 Å². The number of nitrogens with zero attached hydrogens (tertiary/aromatic N) is 1. The summed E-state index contributed by atoms with van der Waals surface area (Å²) in [6.07, 6.45) is 2.53. The van der Waals surface area contributed by atoms with E-state index < -0.39 is 0 Å². The highest BCUT2D eigenvalue weighted by molar-refractivity contribution is 4.82. The molecule has 1 rings (SSSR count). The molecular weight excluding hydrogens is 202 g/mol. The number of hydrazine groups is 1. The van der Waals surface area contributed by atoms with Gasteiger partial charge in [-0.2, -0.15) is 0 Å². The van der Waals surface area contributed by atoms with E-state index in [0.29, 0.717) is 5.92 Å². The highest BCUT2D eigenvalue weighted by atomic mass is 16.5. The summed E-state index contributed by atoms with van der Waals surface area (Å²) in [6.45, 7) is 10.7. The number of hydrogen-bond acceptors (Lipinski definition) is 4. The van der Waals surface area contributed by atoms with E-state index in [9.17, 15) is 0 Å². The first kappa shape index (κ1) is 13.9.